The summed E-state index contributed by atoms with van der Waals surface area (Å²) in [6, 6.07) is 12.7. The van der Waals surface area contributed by atoms with Crippen LogP contribution in [0.5, 0.6) is 11.5 Å². The molecule has 28 heavy (non-hydrogen) atoms. The lowest BCUT2D eigenvalue weighted by atomic mass is 9.94. The number of ether oxygens (including phenoxy) is 2. The second kappa shape index (κ2) is 9.78. The highest BCUT2D eigenvalue weighted by Crippen LogP contribution is 2.27. The monoisotopic (exact) mass is 381 g/mol. The summed E-state index contributed by atoms with van der Waals surface area (Å²) in [5.41, 5.74) is 1.18. The highest BCUT2D eigenvalue weighted by atomic mass is 16.5. The van der Waals surface area contributed by atoms with Crippen molar-refractivity contribution in [1.82, 2.24) is 10.3 Å². The standard InChI is InChI=1S/C23H31N3O2/c1-2-6-22(7-3-1)27-14-10-19-8-12-26(13-9-19)21-15-23(17-24-16-21)28-18-20-5-4-11-25-20/h1-3,6-7,15-17,19-20,25H,4-5,8-14,18H2/t20-/m0/s1. The van der Waals surface area contributed by atoms with E-state index in [-0.39, 0.29) is 0 Å². The zero-order valence-electron chi connectivity index (χ0n) is 16.6. The summed E-state index contributed by atoms with van der Waals surface area (Å²) in [6.45, 7) is 4.79. The average molecular weight is 382 g/mol. The SMILES string of the molecule is c1ccc(OCCC2CCN(c3cncc(OC[C@@H]4CCCN4)c3)CC2)cc1. The minimum absolute atomic E-state index is 0.484. The van der Waals surface area contributed by atoms with Crippen LogP contribution in [0.15, 0.2) is 48.8 Å². The van der Waals surface area contributed by atoms with Gasteiger partial charge in [0.15, 0.2) is 0 Å². The number of hydrogen-bond acceptors (Lipinski definition) is 5. The van der Waals surface area contributed by atoms with Crippen LogP contribution < -0.4 is 19.7 Å². The van der Waals surface area contributed by atoms with Crippen LogP contribution in [0.25, 0.3) is 0 Å². The number of piperidine rings is 1. The summed E-state index contributed by atoms with van der Waals surface area (Å²) >= 11 is 0. The van der Waals surface area contributed by atoms with E-state index in [4.69, 9.17) is 9.47 Å². The Morgan fingerprint density at radius 2 is 1.86 bits per heavy atom. The third-order valence-electron chi connectivity index (χ3n) is 5.83. The maximum atomic E-state index is 5.97. The van der Waals surface area contributed by atoms with Crippen molar-refractivity contribution in [3.05, 3.63) is 48.8 Å². The van der Waals surface area contributed by atoms with E-state index in [0.29, 0.717) is 6.04 Å². The summed E-state index contributed by atoms with van der Waals surface area (Å²) in [5, 5.41) is 3.47. The lowest BCUT2D eigenvalue weighted by Crippen LogP contribution is -2.34. The molecule has 2 fully saturated rings. The van der Waals surface area contributed by atoms with Gasteiger partial charge in [-0.15, -0.1) is 0 Å². The van der Waals surface area contributed by atoms with Crippen LogP contribution in [0, 0.1) is 5.92 Å². The third kappa shape index (κ3) is 5.38. The molecule has 1 aromatic heterocycles. The van der Waals surface area contributed by atoms with Gasteiger partial charge in [-0.2, -0.15) is 0 Å². The van der Waals surface area contributed by atoms with Gasteiger partial charge in [0.25, 0.3) is 0 Å². The molecule has 5 heteroatoms. The Morgan fingerprint density at radius 3 is 2.64 bits per heavy atom. The van der Waals surface area contributed by atoms with Crippen LogP contribution in [0.4, 0.5) is 5.69 Å². The minimum Gasteiger partial charge on any atom is -0.494 e. The number of para-hydroxylation sites is 1. The second-order valence-corrected chi connectivity index (χ2v) is 7.86. The molecule has 0 saturated carbocycles. The molecule has 0 aliphatic carbocycles. The fraction of sp³-hybridized carbons (Fsp3) is 0.522. The maximum absolute atomic E-state index is 5.97. The molecule has 0 unspecified atom stereocenters. The Labute approximate surface area is 168 Å². The number of aromatic nitrogens is 1. The third-order valence-corrected chi connectivity index (χ3v) is 5.83. The van der Waals surface area contributed by atoms with Crippen molar-refractivity contribution < 1.29 is 9.47 Å². The van der Waals surface area contributed by atoms with Crippen LogP contribution in [-0.2, 0) is 0 Å². The second-order valence-electron chi connectivity index (χ2n) is 7.86. The van der Waals surface area contributed by atoms with Crippen LogP contribution in [0.3, 0.4) is 0 Å². The first-order valence-corrected chi connectivity index (χ1v) is 10.6. The van der Waals surface area contributed by atoms with Gasteiger partial charge in [0.1, 0.15) is 18.1 Å². The van der Waals surface area contributed by atoms with Crippen molar-refractivity contribution in [2.75, 3.05) is 37.7 Å². The van der Waals surface area contributed by atoms with Crippen molar-refractivity contribution in [2.45, 2.75) is 38.1 Å². The first-order valence-electron chi connectivity index (χ1n) is 10.6. The van der Waals surface area contributed by atoms with Gasteiger partial charge in [-0.1, -0.05) is 18.2 Å². The number of rotatable bonds is 8. The van der Waals surface area contributed by atoms with E-state index in [0.717, 1.165) is 56.7 Å². The molecule has 1 atom stereocenters. The normalized spacial score (nSPS) is 20.3. The maximum Gasteiger partial charge on any atom is 0.139 e. The number of nitrogens with zero attached hydrogens (tertiary/aromatic N) is 2. The molecule has 2 saturated heterocycles. The van der Waals surface area contributed by atoms with E-state index in [1.807, 2.05) is 42.7 Å². The molecule has 0 radical (unpaired) electrons. The van der Waals surface area contributed by atoms with Gasteiger partial charge in [-0.05, 0) is 56.7 Å². The van der Waals surface area contributed by atoms with Crippen molar-refractivity contribution >= 4 is 5.69 Å². The minimum atomic E-state index is 0.484. The molecule has 2 aliphatic rings. The number of hydrogen-bond donors (Lipinski definition) is 1. The van der Waals surface area contributed by atoms with E-state index in [1.54, 1.807) is 0 Å². The number of benzene rings is 1. The van der Waals surface area contributed by atoms with Gasteiger partial charge in [0.2, 0.25) is 0 Å². The molecule has 3 heterocycles. The van der Waals surface area contributed by atoms with E-state index >= 15 is 0 Å². The smallest absolute Gasteiger partial charge is 0.139 e. The van der Waals surface area contributed by atoms with Gasteiger partial charge >= 0.3 is 0 Å². The Morgan fingerprint density at radius 1 is 1.00 bits per heavy atom. The van der Waals surface area contributed by atoms with Crippen LogP contribution in [0.2, 0.25) is 0 Å². The summed E-state index contributed by atoms with van der Waals surface area (Å²) in [4.78, 5) is 6.83. The zero-order valence-corrected chi connectivity index (χ0v) is 16.6. The van der Waals surface area contributed by atoms with Crippen LogP contribution >= 0.6 is 0 Å². The first-order chi connectivity index (χ1) is 13.9. The molecular weight excluding hydrogens is 350 g/mol. The van der Waals surface area contributed by atoms with Crippen molar-refractivity contribution in [2.24, 2.45) is 5.92 Å². The predicted octanol–water partition coefficient (Wildman–Crippen LogP) is 3.90. The Hall–Kier alpha value is -2.27. The first kappa shape index (κ1) is 19.1. The molecule has 0 amide bonds. The van der Waals surface area contributed by atoms with E-state index in [1.165, 1.54) is 31.4 Å². The molecule has 2 aliphatic heterocycles. The van der Waals surface area contributed by atoms with Crippen molar-refractivity contribution in [3.8, 4) is 11.5 Å². The van der Waals surface area contributed by atoms with Gasteiger partial charge in [0.05, 0.1) is 24.7 Å². The lowest BCUT2D eigenvalue weighted by Gasteiger charge is -2.33. The Kier molecular flexibility index (Phi) is 6.66. The highest BCUT2D eigenvalue weighted by Gasteiger charge is 2.20. The van der Waals surface area contributed by atoms with Crippen molar-refractivity contribution in [1.29, 1.82) is 0 Å². The predicted molar refractivity (Wildman–Crippen MR) is 112 cm³/mol. The molecule has 1 aromatic carbocycles. The Bertz CT molecular complexity index is 711. The average Bonchev–Trinajstić information content (AvgIpc) is 3.28. The quantitative estimate of drug-likeness (QED) is 0.751. The molecule has 0 spiro atoms. The highest BCUT2D eigenvalue weighted by molar-refractivity contribution is 5.48. The van der Waals surface area contributed by atoms with Gasteiger partial charge < -0.3 is 19.7 Å². The number of pyridine rings is 1. The fourth-order valence-electron chi connectivity index (χ4n) is 4.10. The summed E-state index contributed by atoms with van der Waals surface area (Å²) < 4.78 is 11.8. The summed E-state index contributed by atoms with van der Waals surface area (Å²) in [5.74, 6) is 2.58. The lowest BCUT2D eigenvalue weighted by molar-refractivity contribution is 0.258. The van der Waals surface area contributed by atoms with Crippen LogP contribution in [0.1, 0.15) is 32.1 Å². The van der Waals surface area contributed by atoms with E-state index in [9.17, 15) is 0 Å². The zero-order chi connectivity index (χ0) is 19.0. The molecular formula is C23H31N3O2. The molecule has 0 bridgehead atoms. The molecule has 2 aromatic rings. The molecule has 5 nitrogen and oxygen atoms in total. The molecule has 4 rings (SSSR count). The number of anilines is 1. The Balaban J connectivity index is 1.20. The van der Waals surface area contributed by atoms with Crippen molar-refractivity contribution in [3.63, 3.8) is 0 Å². The fourth-order valence-corrected chi connectivity index (χ4v) is 4.10. The molecule has 1 N–H and O–H groups in total. The van der Waals surface area contributed by atoms with E-state index in [2.05, 4.69) is 21.3 Å². The van der Waals surface area contributed by atoms with Gasteiger partial charge in [0, 0.05) is 25.2 Å². The van der Waals surface area contributed by atoms with E-state index < -0.39 is 0 Å². The summed E-state index contributed by atoms with van der Waals surface area (Å²) in [7, 11) is 0. The number of nitrogens with one attached hydrogen (secondary N) is 1. The largest absolute Gasteiger partial charge is 0.494 e. The molecule has 150 valence electrons. The summed E-state index contributed by atoms with van der Waals surface area (Å²) in [6.07, 6.45) is 9.76. The van der Waals surface area contributed by atoms with Gasteiger partial charge in [-0.3, -0.25) is 4.98 Å². The van der Waals surface area contributed by atoms with Gasteiger partial charge in [-0.25, -0.2) is 0 Å². The topological polar surface area (TPSA) is 46.6 Å². The van der Waals surface area contributed by atoms with Crippen LogP contribution in [-0.4, -0.2) is 43.9 Å².